The van der Waals surface area contributed by atoms with E-state index in [1.807, 2.05) is 84.6 Å². The number of halogens is 1. The lowest BCUT2D eigenvalue weighted by atomic mass is 9.68. The molecule has 3 aliphatic heterocycles. The van der Waals surface area contributed by atoms with Gasteiger partial charge in [0.25, 0.3) is 5.91 Å². The van der Waals surface area contributed by atoms with Crippen molar-refractivity contribution >= 4 is 29.1 Å². The molecule has 0 atom stereocenters. The number of benzene rings is 4. The summed E-state index contributed by atoms with van der Waals surface area (Å²) >= 11 is 6.17. The number of para-hydroxylation sites is 2. The molecule has 3 aliphatic rings. The lowest BCUT2D eigenvalue weighted by molar-refractivity contribution is -0.125. The van der Waals surface area contributed by atoms with Gasteiger partial charge in [-0.25, -0.2) is 0 Å². The Bertz CT molecular complexity index is 1740. The van der Waals surface area contributed by atoms with Gasteiger partial charge < -0.3 is 19.9 Å². The van der Waals surface area contributed by atoms with Crippen LogP contribution in [0.25, 0.3) is 0 Å². The first-order valence-corrected chi connectivity index (χ1v) is 17.1. The van der Waals surface area contributed by atoms with Gasteiger partial charge in [-0.1, -0.05) is 72.6 Å². The zero-order valence-corrected chi connectivity index (χ0v) is 27.6. The SMILES string of the molecule is CCNC(=O)C1(CCCCN2CCN(c3ccc4c(c3)C(=O)N(Cc3cccc(Cl)c3)C4)CC2)c2ccccc2Oc2ccccc21. The van der Waals surface area contributed by atoms with E-state index in [9.17, 15) is 9.59 Å². The van der Waals surface area contributed by atoms with Crippen LogP contribution in [-0.2, 0) is 23.3 Å². The number of rotatable bonds is 10. The van der Waals surface area contributed by atoms with Gasteiger partial charge >= 0.3 is 0 Å². The molecule has 47 heavy (non-hydrogen) atoms. The first-order chi connectivity index (χ1) is 23.0. The Morgan fingerprint density at radius 1 is 0.872 bits per heavy atom. The molecule has 0 unspecified atom stereocenters. The third-order valence-electron chi connectivity index (χ3n) is 9.89. The molecule has 4 aromatic rings. The van der Waals surface area contributed by atoms with Crippen molar-refractivity contribution in [3.8, 4) is 11.5 Å². The highest BCUT2D eigenvalue weighted by Gasteiger charge is 2.47. The van der Waals surface area contributed by atoms with Gasteiger partial charge in [-0.2, -0.15) is 0 Å². The minimum atomic E-state index is -0.783. The predicted molar refractivity (Wildman–Crippen MR) is 186 cm³/mol. The van der Waals surface area contributed by atoms with Crippen LogP contribution in [0.3, 0.4) is 0 Å². The molecule has 0 aromatic heterocycles. The van der Waals surface area contributed by atoms with E-state index >= 15 is 0 Å². The molecule has 4 aromatic carbocycles. The smallest absolute Gasteiger partial charge is 0.254 e. The standard InChI is InChI=1S/C39H41ClN4O3/c1-2-41-38(46)39(33-12-3-5-14-35(33)47-36-15-6-4-13-34(36)39)18-7-8-19-42-20-22-43(23-21-42)31-17-16-29-27-44(37(45)32(29)25-31)26-28-10-9-11-30(40)24-28/h3-6,9-17,24-25H,2,7-8,18-23,26-27H2,1H3,(H,41,46). The van der Waals surface area contributed by atoms with E-state index in [1.54, 1.807) is 0 Å². The van der Waals surface area contributed by atoms with Gasteiger partial charge in [0.1, 0.15) is 16.9 Å². The minimum Gasteiger partial charge on any atom is -0.457 e. The Morgan fingerprint density at radius 2 is 1.60 bits per heavy atom. The number of hydrogen-bond acceptors (Lipinski definition) is 5. The largest absolute Gasteiger partial charge is 0.457 e. The van der Waals surface area contributed by atoms with Gasteiger partial charge in [-0.15, -0.1) is 0 Å². The molecule has 3 heterocycles. The van der Waals surface area contributed by atoms with E-state index < -0.39 is 5.41 Å². The number of piperazine rings is 1. The quantitative estimate of drug-likeness (QED) is 0.187. The van der Waals surface area contributed by atoms with Gasteiger partial charge in [0, 0.05) is 73.2 Å². The molecule has 0 radical (unpaired) electrons. The third-order valence-corrected chi connectivity index (χ3v) is 10.1. The van der Waals surface area contributed by atoms with Crippen LogP contribution in [0.1, 0.15) is 58.8 Å². The fraction of sp³-hybridized carbons (Fsp3) is 0.333. The monoisotopic (exact) mass is 648 g/mol. The number of nitrogens with zero attached hydrogens (tertiary/aromatic N) is 3. The number of carbonyl (C=O) groups excluding carboxylic acids is 2. The highest BCUT2D eigenvalue weighted by molar-refractivity contribution is 6.30. The molecule has 0 saturated carbocycles. The summed E-state index contributed by atoms with van der Waals surface area (Å²) in [6.45, 7) is 8.48. The Morgan fingerprint density at radius 3 is 2.30 bits per heavy atom. The summed E-state index contributed by atoms with van der Waals surface area (Å²) in [5.41, 5.74) is 5.15. The first kappa shape index (κ1) is 31.3. The summed E-state index contributed by atoms with van der Waals surface area (Å²) < 4.78 is 6.25. The summed E-state index contributed by atoms with van der Waals surface area (Å²) in [6, 6.07) is 30.0. The lowest BCUT2D eigenvalue weighted by Crippen LogP contribution is -2.47. The van der Waals surface area contributed by atoms with Gasteiger partial charge in [0.15, 0.2) is 0 Å². The number of amides is 2. The number of ether oxygens (including phenoxy) is 1. The number of anilines is 1. The van der Waals surface area contributed by atoms with E-state index in [0.717, 1.165) is 90.6 Å². The van der Waals surface area contributed by atoms with Crippen molar-refractivity contribution in [2.45, 2.75) is 44.7 Å². The molecule has 8 heteroatoms. The van der Waals surface area contributed by atoms with Crippen molar-refractivity contribution < 1.29 is 14.3 Å². The maximum absolute atomic E-state index is 13.9. The van der Waals surface area contributed by atoms with E-state index in [2.05, 4.69) is 33.3 Å². The lowest BCUT2D eigenvalue weighted by Gasteiger charge is -2.39. The summed E-state index contributed by atoms with van der Waals surface area (Å²) in [6.07, 6.45) is 2.63. The summed E-state index contributed by atoms with van der Waals surface area (Å²) in [5, 5.41) is 3.83. The number of likely N-dealkylation sites (N-methyl/N-ethyl adjacent to an activating group) is 1. The van der Waals surface area contributed by atoms with E-state index in [-0.39, 0.29) is 11.8 Å². The second kappa shape index (κ2) is 13.4. The summed E-state index contributed by atoms with van der Waals surface area (Å²) in [5.74, 6) is 1.64. The molecule has 1 N–H and O–H groups in total. The highest BCUT2D eigenvalue weighted by Crippen LogP contribution is 2.50. The van der Waals surface area contributed by atoms with Gasteiger partial charge in [-0.3, -0.25) is 14.5 Å². The molecule has 1 fully saturated rings. The maximum atomic E-state index is 13.9. The zero-order chi connectivity index (χ0) is 32.4. The second-order valence-corrected chi connectivity index (χ2v) is 13.2. The van der Waals surface area contributed by atoms with Gasteiger partial charge in [-0.05, 0) is 73.8 Å². The Kier molecular flexibility index (Phi) is 8.93. The van der Waals surface area contributed by atoms with Crippen LogP contribution in [0.2, 0.25) is 5.02 Å². The summed E-state index contributed by atoms with van der Waals surface area (Å²) in [7, 11) is 0. The van der Waals surface area contributed by atoms with Crippen molar-refractivity contribution in [2.24, 2.45) is 0 Å². The molecule has 0 spiro atoms. The predicted octanol–water partition coefficient (Wildman–Crippen LogP) is 7.02. The molecule has 1 saturated heterocycles. The van der Waals surface area contributed by atoms with E-state index in [0.29, 0.717) is 31.1 Å². The molecule has 2 amide bonds. The van der Waals surface area contributed by atoms with Crippen molar-refractivity contribution in [2.75, 3.05) is 44.2 Å². The van der Waals surface area contributed by atoms with Crippen LogP contribution >= 0.6 is 11.6 Å². The van der Waals surface area contributed by atoms with Crippen molar-refractivity contribution in [1.82, 2.24) is 15.1 Å². The second-order valence-electron chi connectivity index (χ2n) is 12.8. The molecular weight excluding hydrogens is 608 g/mol. The average molecular weight is 649 g/mol. The Balaban J connectivity index is 0.961. The van der Waals surface area contributed by atoms with Crippen LogP contribution in [0.4, 0.5) is 5.69 Å². The van der Waals surface area contributed by atoms with Crippen molar-refractivity contribution in [1.29, 1.82) is 0 Å². The molecule has 242 valence electrons. The molecule has 7 nitrogen and oxygen atoms in total. The maximum Gasteiger partial charge on any atom is 0.254 e. The molecule has 0 bridgehead atoms. The number of unbranched alkanes of at least 4 members (excludes halogenated alkanes) is 1. The number of nitrogens with one attached hydrogen (secondary N) is 1. The summed E-state index contributed by atoms with van der Waals surface area (Å²) in [4.78, 5) is 34.0. The molecule has 7 rings (SSSR count). The van der Waals surface area contributed by atoms with Crippen LogP contribution in [-0.4, -0.2) is 60.9 Å². The van der Waals surface area contributed by atoms with Gasteiger partial charge in [0.05, 0.1) is 0 Å². The van der Waals surface area contributed by atoms with Crippen molar-refractivity contribution in [3.05, 3.63) is 124 Å². The fourth-order valence-electron chi connectivity index (χ4n) is 7.50. The van der Waals surface area contributed by atoms with Crippen LogP contribution in [0, 0.1) is 0 Å². The Hall–Kier alpha value is -4.33. The highest BCUT2D eigenvalue weighted by atomic mass is 35.5. The van der Waals surface area contributed by atoms with Crippen molar-refractivity contribution in [3.63, 3.8) is 0 Å². The van der Waals surface area contributed by atoms with Crippen LogP contribution in [0.5, 0.6) is 11.5 Å². The minimum absolute atomic E-state index is 0.0391. The fourth-order valence-corrected chi connectivity index (χ4v) is 7.72. The van der Waals surface area contributed by atoms with E-state index in [1.165, 1.54) is 0 Å². The average Bonchev–Trinajstić information content (AvgIpc) is 3.40. The number of carbonyl (C=O) groups is 2. The van der Waals surface area contributed by atoms with Crippen LogP contribution in [0.15, 0.2) is 91.0 Å². The third kappa shape index (κ3) is 6.10. The van der Waals surface area contributed by atoms with E-state index in [4.69, 9.17) is 16.3 Å². The Labute approximate surface area is 282 Å². The number of hydrogen-bond donors (Lipinski definition) is 1. The number of fused-ring (bicyclic) bond motifs is 3. The normalized spacial score (nSPS) is 16.7. The van der Waals surface area contributed by atoms with Gasteiger partial charge in [0.2, 0.25) is 5.91 Å². The molecule has 0 aliphatic carbocycles. The first-order valence-electron chi connectivity index (χ1n) is 16.8. The van der Waals surface area contributed by atoms with Crippen LogP contribution < -0.4 is 15.0 Å². The topological polar surface area (TPSA) is 65.1 Å². The zero-order valence-electron chi connectivity index (χ0n) is 26.9. The molecular formula is C39H41ClN4O3.